The summed E-state index contributed by atoms with van der Waals surface area (Å²) in [7, 11) is 1.99. The second-order valence-corrected chi connectivity index (χ2v) is 7.79. The molecule has 3 nitrogen and oxygen atoms in total. The van der Waals surface area contributed by atoms with Crippen LogP contribution in [0.4, 0.5) is 0 Å². The Balaban J connectivity index is 2.02. The van der Waals surface area contributed by atoms with Crippen LogP contribution in [0.2, 0.25) is 0 Å². The molecule has 1 aliphatic carbocycles. The van der Waals surface area contributed by atoms with Crippen LogP contribution in [-0.2, 0) is 7.05 Å². The van der Waals surface area contributed by atoms with Crippen LogP contribution in [0.1, 0.15) is 46.5 Å². The molecule has 0 saturated heterocycles. The van der Waals surface area contributed by atoms with Crippen LogP contribution in [0, 0.1) is 5.41 Å². The zero-order valence-corrected chi connectivity index (χ0v) is 13.5. The normalized spacial score (nSPS) is 26.5. The lowest BCUT2D eigenvalue weighted by molar-refractivity contribution is 0.214. The van der Waals surface area contributed by atoms with E-state index in [1.54, 1.807) is 0 Å². The fraction of sp³-hybridized carbons (Fsp3) is 0.800. The van der Waals surface area contributed by atoms with E-state index in [9.17, 15) is 0 Å². The summed E-state index contributed by atoms with van der Waals surface area (Å²) in [4.78, 5) is 1.30. The molecule has 19 heavy (non-hydrogen) atoms. The van der Waals surface area contributed by atoms with Crippen molar-refractivity contribution < 1.29 is 0 Å². The van der Waals surface area contributed by atoms with E-state index in [4.69, 9.17) is 0 Å². The van der Waals surface area contributed by atoms with Gasteiger partial charge in [0.1, 0.15) is 0 Å². The fourth-order valence-electron chi connectivity index (χ4n) is 2.84. The molecular weight excluding hydrogens is 254 g/mol. The van der Waals surface area contributed by atoms with Crippen LogP contribution < -0.4 is 5.32 Å². The number of aryl methyl sites for hydroxylation is 1. The minimum atomic E-state index is 0.476. The standard InChI is InChI=1S/C15H27N3S/c1-5-8-16-13-6-7-15(2,3)9-14(13)19-12-10-17-18(4)11-12/h10-11,13-14,16H,5-9H2,1-4H3. The summed E-state index contributed by atoms with van der Waals surface area (Å²) in [5.74, 6) is 0. The molecule has 2 unspecified atom stereocenters. The summed E-state index contributed by atoms with van der Waals surface area (Å²) < 4.78 is 1.89. The third-order valence-electron chi connectivity index (χ3n) is 3.96. The lowest BCUT2D eigenvalue weighted by atomic mass is 9.75. The first-order valence-corrected chi connectivity index (χ1v) is 8.27. The summed E-state index contributed by atoms with van der Waals surface area (Å²) in [6.07, 6.45) is 9.24. The molecule has 4 heteroatoms. The van der Waals surface area contributed by atoms with Crippen LogP contribution >= 0.6 is 11.8 Å². The maximum absolute atomic E-state index is 4.28. The van der Waals surface area contributed by atoms with Crippen LogP contribution in [0.3, 0.4) is 0 Å². The highest BCUT2D eigenvalue weighted by Crippen LogP contribution is 2.42. The van der Waals surface area contributed by atoms with E-state index in [1.165, 1.54) is 30.6 Å². The van der Waals surface area contributed by atoms with Gasteiger partial charge in [-0.05, 0) is 37.6 Å². The van der Waals surface area contributed by atoms with E-state index in [1.807, 2.05) is 29.7 Å². The number of hydrogen-bond acceptors (Lipinski definition) is 3. The Morgan fingerprint density at radius 3 is 2.95 bits per heavy atom. The van der Waals surface area contributed by atoms with Crippen LogP contribution in [0.15, 0.2) is 17.3 Å². The van der Waals surface area contributed by atoms with Crippen molar-refractivity contribution in [1.29, 1.82) is 0 Å². The van der Waals surface area contributed by atoms with Gasteiger partial charge >= 0.3 is 0 Å². The Kier molecular flexibility index (Phi) is 4.96. The smallest absolute Gasteiger partial charge is 0.0625 e. The Morgan fingerprint density at radius 1 is 1.53 bits per heavy atom. The molecule has 1 saturated carbocycles. The molecule has 1 N–H and O–H groups in total. The van der Waals surface area contributed by atoms with Crippen molar-refractivity contribution in [2.75, 3.05) is 6.54 Å². The van der Waals surface area contributed by atoms with Crippen LogP contribution in [0.25, 0.3) is 0 Å². The maximum Gasteiger partial charge on any atom is 0.0625 e. The van der Waals surface area contributed by atoms with Crippen LogP contribution in [0.5, 0.6) is 0 Å². The Morgan fingerprint density at radius 2 is 2.32 bits per heavy atom. The summed E-state index contributed by atoms with van der Waals surface area (Å²) in [5.41, 5.74) is 0.476. The van der Waals surface area contributed by atoms with Gasteiger partial charge in [-0.25, -0.2) is 0 Å². The summed E-state index contributed by atoms with van der Waals surface area (Å²) >= 11 is 2.00. The molecule has 0 radical (unpaired) electrons. The highest BCUT2D eigenvalue weighted by molar-refractivity contribution is 8.00. The Hall–Kier alpha value is -0.480. The monoisotopic (exact) mass is 281 g/mol. The van der Waals surface area contributed by atoms with E-state index in [0.717, 1.165) is 6.54 Å². The highest BCUT2D eigenvalue weighted by Gasteiger charge is 2.35. The lowest BCUT2D eigenvalue weighted by Crippen LogP contribution is -2.45. The molecule has 0 amide bonds. The molecule has 2 atom stereocenters. The van der Waals surface area contributed by atoms with Crippen molar-refractivity contribution >= 4 is 11.8 Å². The number of aromatic nitrogens is 2. The second-order valence-electron chi connectivity index (χ2n) is 6.47. The third kappa shape index (κ3) is 4.25. The van der Waals surface area contributed by atoms with Crippen molar-refractivity contribution in [2.24, 2.45) is 12.5 Å². The summed E-state index contributed by atoms with van der Waals surface area (Å²) in [5, 5.41) is 8.69. The Bertz CT molecular complexity index is 400. The fourth-order valence-corrected chi connectivity index (χ4v) is 4.44. The maximum atomic E-state index is 4.28. The first-order chi connectivity index (χ1) is 9.00. The van der Waals surface area contributed by atoms with Crippen LogP contribution in [-0.4, -0.2) is 27.6 Å². The zero-order chi connectivity index (χ0) is 13.9. The zero-order valence-electron chi connectivity index (χ0n) is 12.6. The van der Waals surface area contributed by atoms with Gasteiger partial charge in [-0.1, -0.05) is 20.8 Å². The Labute approximate surface area is 121 Å². The number of nitrogens with one attached hydrogen (secondary N) is 1. The molecule has 1 aromatic heterocycles. The average Bonchev–Trinajstić information content (AvgIpc) is 2.73. The molecule has 0 aliphatic heterocycles. The quantitative estimate of drug-likeness (QED) is 0.896. The predicted octanol–water partition coefficient (Wildman–Crippen LogP) is 3.46. The molecule has 0 aromatic carbocycles. The molecule has 1 aliphatic rings. The molecular formula is C15H27N3S. The van der Waals surface area contributed by atoms with Gasteiger partial charge in [0.2, 0.25) is 0 Å². The molecule has 0 bridgehead atoms. The van der Waals surface area contributed by atoms with Gasteiger partial charge in [-0.15, -0.1) is 11.8 Å². The predicted molar refractivity (Wildman–Crippen MR) is 82.6 cm³/mol. The van der Waals surface area contributed by atoms with Crippen molar-refractivity contribution in [3.63, 3.8) is 0 Å². The molecule has 1 heterocycles. The molecule has 2 rings (SSSR count). The van der Waals surface area contributed by atoms with Gasteiger partial charge in [0.25, 0.3) is 0 Å². The molecule has 0 spiro atoms. The van der Waals surface area contributed by atoms with Gasteiger partial charge < -0.3 is 5.32 Å². The van der Waals surface area contributed by atoms with Crippen molar-refractivity contribution in [3.05, 3.63) is 12.4 Å². The highest BCUT2D eigenvalue weighted by atomic mass is 32.2. The summed E-state index contributed by atoms with van der Waals surface area (Å²) in [6.45, 7) is 8.18. The average molecular weight is 281 g/mol. The van der Waals surface area contributed by atoms with Crippen molar-refractivity contribution in [2.45, 2.75) is 62.6 Å². The van der Waals surface area contributed by atoms with E-state index in [0.29, 0.717) is 16.7 Å². The SMILES string of the molecule is CCCNC1CCC(C)(C)CC1Sc1cnn(C)c1. The number of rotatable bonds is 5. The minimum Gasteiger partial charge on any atom is -0.313 e. The van der Waals surface area contributed by atoms with E-state index in [2.05, 4.69) is 37.4 Å². The van der Waals surface area contributed by atoms with E-state index < -0.39 is 0 Å². The topological polar surface area (TPSA) is 29.9 Å². The molecule has 1 fully saturated rings. The lowest BCUT2D eigenvalue weighted by Gasteiger charge is -2.40. The third-order valence-corrected chi connectivity index (χ3v) is 5.24. The van der Waals surface area contributed by atoms with Gasteiger partial charge in [-0.2, -0.15) is 5.10 Å². The summed E-state index contributed by atoms with van der Waals surface area (Å²) in [6, 6.07) is 0.651. The van der Waals surface area contributed by atoms with E-state index >= 15 is 0 Å². The van der Waals surface area contributed by atoms with Gasteiger partial charge in [0, 0.05) is 29.4 Å². The van der Waals surface area contributed by atoms with Crippen molar-refractivity contribution in [3.8, 4) is 0 Å². The second kappa shape index (κ2) is 6.31. The van der Waals surface area contributed by atoms with Crippen molar-refractivity contribution in [1.82, 2.24) is 15.1 Å². The first kappa shape index (κ1) is 14.9. The van der Waals surface area contributed by atoms with Gasteiger partial charge in [-0.3, -0.25) is 4.68 Å². The van der Waals surface area contributed by atoms with Gasteiger partial charge in [0.15, 0.2) is 0 Å². The number of thioether (sulfide) groups is 1. The number of hydrogen-bond donors (Lipinski definition) is 1. The minimum absolute atomic E-state index is 0.476. The van der Waals surface area contributed by atoms with E-state index in [-0.39, 0.29) is 0 Å². The molecule has 108 valence electrons. The largest absolute Gasteiger partial charge is 0.313 e. The number of nitrogens with zero attached hydrogens (tertiary/aromatic N) is 2. The molecule has 1 aromatic rings. The van der Waals surface area contributed by atoms with Gasteiger partial charge in [0.05, 0.1) is 6.20 Å². The first-order valence-electron chi connectivity index (χ1n) is 7.39.